The van der Waals surface area contributed by atoms with Crippen LogP contribution in [0, 0.1) is 11.8 Å². The van der Waals surface area contributed by atoms with Gasteiger partial charge in [0.25, 0.3) is 0 Å². The zero-order valence-corrected chi connectivity index (χ0v) is 20.7. The Labute approximate surface area is 205 Å². The van der Waals surface area contributed by atoms with E-state index in [0.717, 1.165) is 31.7 Å². The Hall–Kier alpha value is -2.72. The van der Waals surface area contributed by atoms with Crippen LogP contribution in [0.25, 0.3) is 0 Å². The molecule has 170 valence electrons. The molecule has 2 aromatic carbocycles. The third kappa shape index (κ3) is 4.67. The molecule has 0 amide bonds. The van der Waals surface area contributed by atoms with E-state index in [0.29, 0.717) is 23.4 Å². The summed E-state index contributed by atoms with van der Waals surface area (Å²) in [7, 11) is 0. The zero-order valence-electron chi connectivity index (χ0n) is 19.1. The van der Waals surface area contributed by atoms with Gasteiger partial charge in [-0.05, 0) is 59.0 Å². The van der Waals surface area contributed by atoms with Crippen molar-refractivity contribution in [3.05, 3.63) is 119 Å². The third-order valence-corrected chi connectivity index (χ3v) is 7.24. The van der Waals surface area contributed by atoms with Crippen molar-refractivity contribution < 1.29 is 4.74 Å². The number of rotatable bonds is 8. The molecule has 3 atom stereocenters. The number of aryl methyl sites for hydroxylation is 1. The highest BCUT2D eigenvalue weighted by Gasteiger charge is 2.45. The molecular formula is C29H31BrN2O. The average molecular weight is 503 g/mol. The number of hydrogen-bond acceptors (Lipinski definition) is 3. The maximum Gasteiger partial charge on any atom is 0.143 e. The molecule has 0 aromatic heterocycles. The molecule has 2 aromatic rings. The molecule has 0 spiro atoms. The van der Waals surface area contributed by atoms with Gasteiger partial charge < -0.3 is 14.5 Å². The van der Waals surface area contributed by atoms with E-state index in [9.17, 15) is 0 Å². The minimum atomic E-state index is 0.330. The molecule has 3 aliphatic rings. The Morgan fingerprint density at radius 3 is 2.39 bits per heavy atom. The largest absolute Gasteiger partial charge is 0.483 e. The minimum Gasteiger partial charge on any atom is -0.483 e. The highest BCUT2D eigenvalue weighted by atomic mass is 79.9. The van der Waals surface area contributed by atoms with Crippen molar-refractivity contribution in [2.75, 3.05) is 12.1 Å². The predicted octanol–water partition coefficient (Wildman–Crippen LogP) is 6.62. The van der Waals surface area contributed by atoms with Crippen molar-refractivity contribution in [2.24, 2.45) is 11.8 Å². The molecule has 0 saturated carbocycles. The Bertz CT molecular complexity index is 1070. The van der Waals surface area contributed by atoms with Crippen molar-refractivity contribution in [2.45, 2.75) is 32.4 Å². The molecule has 4 heteroatoms. The Kier molecular flexibility index (Phi) is 6.73. The van der Waals surface area contributed by atoms with Crippen LogP contribution < -0.4 is 0 Å². The van der Waals surface area contributed by atoms with Crippen LogP contribution >= 0.6 is 15.9 Å². The number of hydrogen-bond donors (Lipinski definition) is 0. The van der Waals surface area contributed by atoms with Crippen LogP contribution in [0.5, 0.6) is 0 Å². The molecule has 33 heavy (non-hydrogen) atoms. The van der Waals surface area contributed by atoms with Crippen molar-refractivity contribution in [1.29, 1.82) is 0 Å². The van der Waals surface area contributed by atoms with E-state index in [1.807, 2.05) is 0 Å². The number of ether oxygens (including phenoxy) is 1. The molecule has 3 unspecified atom stereocenters. The van der Waals surface area contributed by atoms with E-state index >= 15 is 0 Å². The normalized spacial score (nSPS) is 23.5. The lowest BCUT2D eigenvalue weighted by Gasteiger charge is -2.34. The lowest BCUT2D eigenvalue weighted by atomic mass is 9.84. The molecule has 1 saturated heterocycles. The number of nitrogens with zero attached hydrogens (tertiary/aromatic N) is 2. The van der Waals surface area contributed by atoms with Gasteiger partial charge in [0.2, 0.25) is 0 Å². The van der Waals surface area contributed by atoms with Gasteiger partial charge in [-0.1, -0.05) is 72.8 Å². The summed E-state index contributed by atoms with van der Waals surface area (Å²) in [5, 5.41) is 0. The smallest absolute Gasteiger partial charge is 0.143 e. The Balaban J connectivity index is 1.42. The number of allylic oxidation sites excluding steroid dienone is 3. The summed E-state index contributed by atoms with van der Waals surface area (Å²) in [5.41, 5.74) is 6.10. The summed E-state index contributed by atoms with van der Waals surface area (Å²) in [6.07, 6.45) is 13.8. The van der Waals surface area contributed by atoms with Gasteiger partial charge in [-0.2, -0.15) is 0 Å². The molecule has 5 rings (SSSR count). The van der Waals surface area contributed by atoms with E-state index in [2.05, 4.69) is 124 Å². The molecular weight excluding hydrogens is 472 g/mol. The first-order chi connectivity index (χ1) is 16.2. The average Bonchev–Trinajstić information content (AvgIpc) is 3.16. The van der Waals surface area contributed by atoms with E-state index in [-0.39, 0.29) is 0 Å². The fourth-order valence-corrected chi connectivity index (χ4v) is 5.69. The predicted molar refractivity (Wildman–Crippen MR) is 138 cm³/mol. The second-order valence-corrected chi connectivity index (χ2v) is 9.44. The fourth-order valence-electron chi connectivity index (χ4n) is 5.42. The van der Waals surface area contributed by atoms with Crippen molar-refractivity contribution in [3.63, 3.8) is 0 Å². The summed E-state index contributed by atoms with van der Waals surface area (Å²) in [6.45, 7) is 4.23. The van der Waals surface area contributed by atoms with Gasteiger partial charge in [-0.25, -0.2) is 0 Å². The van der Waals surface area contributed by atoms with Crippen LogP contribution in [0.1, 0.15) is 24.5 Å². The molecule has 1 fully saturated rings. The van der Waals surface area contributed by atoms with Gasteiger partial charge >= 0.3 is 0 Å². The summed E-state index contributed by atoms with van der Waals surface area (Å²) in [4.78, 5) is 5.06. The summed E-state index contributed by atoms with van der Waals surface area (Å²) < 4.78 is 5.81. The second kappa shape index (κ2) is 10.0. The molecule has 0 radical (unpaired) electrons. The van der Waals surface area contributed by atoms with Gasteiger partial charge in [0.05, 0.1) is 6.04 Å². The highest BCUT2D eigenvalue weighted by molar-refractivity contribution is 9.09. The number of alkyl halides is 1. The van der Waals surface area contributed by atoms with Crippen LogP contribution in [-0.2, 0) is 17.7 Å². The van der Waals surface area contributed by atoms with Gasteiger partial charge in [-0.3, -0.25) is 0 Å². The number of fused-ring (bicyclic) bond motifs is 3. The van der Waals surface area contributed by atoms with Crippen LogP contribution in [0.4, 0.5) is 0 Å². The summed E-state index contributed by atoms with van der Waals surface area (Å²) in [6, 6.07) is 21.9. The second-order valence-electron chi connectivity index (χ2n) is 8.98. The van der Waals surface area contributed by atoms with Crippen LogP contribution in [-0.4, -0.2) is 27.9 Å². The van der Waals surface area contributed by atoms with Crippen molar-refractivity contribution in [3.8, 4) is 0 Å². The first-order valence-electron chi connectivity index (χ1n) is 11.8. The van der Waals surface area contributed by atoms with Gasteiger partial charge in [0, 0.05) is 42.5 Å². The SMILES string of the molecule is CC1=C2C(C=CN1Cc1ccccc1)C1C=CC(OCBr)=CC1N2CCCc1ccccc1. The van der Waals surface area contributed by atoms with E-state index in [4.69, 9.17) is 4.74 Å². The quantitative estimate of drug-likeness (QED) is 0.377. The van der Waals surface area contributed by atoms with Crippen LogP contribution in [0.15, 0.2) is 108 Å². The molecule has 2 aliphatic heterocycles. The number of halogens is 1. The van der Waals surface area contributed by atoms with Crippen molar-refractivity contribution >= 4 is 15.9 Å². The Morgan fingerprint density at radius 1 is 0.939 bits per heavy atom. The fraction of sp³-hybridized carbons (Fsp3) is 0.310. The zero-order chi connectivity index (χ0) is 22.6. The van der Waals surface area contributed by atoms with Gasteiger partial charge in [-0.15, -0.1) is 0 Å². The van der Waals surface area contributed by atoms with Gasteiger partial charge in [0.15, 0.2) is 0 Å². The lowest BCUT2D eigenvalue weighted by Crippen LogP contribution is -2.34. The van der Waals surface area contributed by atoms with E-state index < -0.39 is 0 Å². The monoisotopic (exact) mass is 502 g/mol. The number of likely N-dealkylation sites (tertiary alicyclic amines) is 1. The third-order valence-electron chi connectivity index (χ3n) is 7.01. The topological polar surface area (TPSA) is 15.7 Å². The highest BCUT2D eigenvalue weighted by Crippen LogP contribution is 2.47. The maximum atomic E-state index is 5.81. The van der Waals surface area contributed by atoms with Crippen LogP contribution in [0.3, 0.4) is 0 Å². The first kappa shape index (κ1) is 22.1. The van der Waals surface area contributed by atoms with Gasteiger partial charge in [0.1, 0.15) is 11.3 Å². The van der Waals surface area contributed by atoms with Crippen LogP contribution in [0.2, 0.25) is 0 Å². The summed E-state index contributed by atoms with van der Waals surface area (Å²) >= 11 is 3.41. The number of benzene rings is 2. The molecule has 1 aliphatic carbocycles. The minimum absolute atomic E-state index is 0.330. The first-order valence-corrected chi connectivity index (χ1v) is 13.0. The molecule has 0 bridgehead atoms. The summed E-state index contributed by atoms with van der Waals surface area (Å²) in [5.74, 6) is 1.82. The standard InChI is InChI=1S/C29H31BrN2O/c1-22-29-27(16-18-31(22)20-24-11-6-3-7-12-24)26-15-14-25(33-21-30)19-28(26)32(29)17-8-13-23-9-4-2-5-10-23/h2-7,9-12,14-16,18-19,26-28H,8,13,17,20-21H2,1H3. The Morgan fingerprint density at radius 2 is 1.67 bits per heavy atom. The maximum absolute atomic E-state index is 5.81. The molecule has 2 heterocycles. The molecule has 0 N–H and O–H groups in total. The van der Waals surface area contributed by atoms with E-state index in [1.54, 1.807) is 0 Å². The van der Waals surface area contributed by atoms with E-state index in [1.165, 1.54) is 22.5 Å². The van der Waals surface area contributed by atoms with Crippen molar-refractivity contribution in [1.82, 2.24) is 9.80 Å². The molecule has 3 nitrogen and oxygen atoms in total. The lowest BCUT2D eigenvalue weighted by molar-refractivity contribution is 0.260.